The molecule has 0 aliphatic carbocycles. The van der Waals surface area contributed by atoms with Crippen molar-refractivity contribution < 1.29 is 14.7 Å². The highest BCUT2D eigenvalue weighted by molar-refractivity contribution is 7.22. The number of thiophene rings is 1. The second-order valence-corrected chi connectivity index (χ2v) is 6.89. The van der Waals surface area contributed by atoms with Gasteiger partial charge in [-0.3, -0.25) is 4.79 Å². The molecule has 0 saturated heterocycles. The minimum atomic E-state index is -1.03. The van der Waals surface area contributed by atoms with Gasteiger partial charge in [0.2, 0.25) is 0 Å². The number of rotatable bonds is 5. The maximum Gasteiger partial charge on any atom is 0.326 e. The standard InChI is InChI=1S/C14H16N2O3S2/c1-7(2)10(14(18)19)16-12(17)11-8(3)15-13(21-11)9-5-4-6-20-9/h4-7,10H,1-3H3,(H,16,17)(H,18,19). The number of carboxylic acids is 1. The quantitative estimate of drug-likeness (QED) is 0.886. The van der Waals surface area contributed by atoms with Crippen molar-refractivity contribution in [3.63, 3.8) is 0 Å². The number of carbonyl (C=O) groups is 2. The molecule has 2 N–H and O–H groups in total. The molecule has 0 aliphatic rings. The number of carboxylic acid groups (broad SMARTS) is 1. The minimum absolute atomic E-state index is 0.184. The first-order valence-electron chi connectivity index (χ1n) is 6.45. The molecule has 2 aromatic heterocycles. The summed E-state index contributed by atoms with van der Waals surface area (Å²) in [6.07, 6.45) is 0. The molecule has 0 bridgehead atoms. The lowest BCUT2D eigenvalue weighted by molar-refractivity contribution is -0.140. The molecular formula is C14H16N2O3S2. The number of thiazole rings is 1. The first kappa shape index (κ1) is 15.7. The number of nitrogens with one attached hydrogen (secondary N) is 1. The summed E-state index contributed by atoms with van der Waals surface area (Å²) in [4.78, 5) is 29.3. The summed E-state index contributed by atoms with van der Waals surface area (Å²) in [7, 11) is 0. The average molecular weight is 324 g/mol. The first-order valence-corrected chi connectivity index (χ1v) is 8.14. The Morgan fingerprint density at radius 2 is 2.10 bits per heavy atom. The Morgan fingerprint density at radius 1 is 1.38 bits per heavy atom. The van der Waals surface area contributed by atoms with E-state index in [1.54, 1.807) is 32.1 Å². The van der Waals surface area contributed by atoms with E-state index < -0.39 is 12.0 Å². The summed E-state index contributed by atoms with van der Waals surface area (Å²) in [5.41, 5.74) is 0.619. The second-order valence-electron chi connectivity index (χ2n) is 4.94. The third-order valence-corrected chi connectivity index (χ3v) is 5.15. The zero-order valence-electron chi connectivity index (χ0n) is 11.9. The van der Waals surface area contributed by atoms with Crippen LogP contribution < -0.4 is 5.32 Å². The summed E-state index contributed by atoms with van der Waals surface area (Å²) in [5.74, 6) is -1.59. The van der Waals surface area contributed by atoms with Crippen molar-refractivity contribution >= 4 is 34.6 Å². The zero-order chi connectivity index (χ0) is 15.6. The number of aromatic nitrogens is 1. The molecule has 5 nitrogen and oxygen atoms in total. The molecule has 2 aromatic rings. The maximum atomic E-state index is 12.3. The lowest BCUT2D eigenvalue weighted by atomic mass is 10.0. The van der Waals surface area contributed by atoms with Crippen molar-refractivity contribution in [1.29, 1.82) is 0 Å². The minimum Gasteiger partial charge on any atom is -0.480 e. The van der Waals surface area contributed by atoms with Crippen LogP contribution in [-0.4, -0.2) is 28.0 Å². The fourth-order valence-electron chi connectivity index (χ4n) is 1.83. The molecule has 1 amide bonds. The number of nitrogens with zero attached hydrogens (tertiary/aromatic N) is 1. The van der Waals surface area contributed by atoms with Crippen molar-refractivity contribution in [2.75, 3.05) is 0 Å². The molecule has 0 aromatic carbocycles. The number of aryl methyl sites for hydroxylation is 1. The number of hydrogen-bond acceptors (Lipinski definition) is 5. The third-order valence-electron chi connectivity index (χ3n) is 2.95. The Hall–Kier alpha value is -1.73. The Labute approximate surface area is 130 Å². The number of aliphatic carboxylic acids is 1. The average Bonchev–Trinajstić information content (AvgIpc) is 3.03. The van der Waals surface area contributed by atoms with Gasteiger partial charge in [0.25, 0.3) is 5.91 Å². The normalized spacial score (nSPS) is 12.4. The third kappa shape index (κ3) is 3.48. The van der Waals surface area contributed by atoms with Crippen LogP contribution in [0, 0.1) is 12.8 Å². The molecule has 0 radical (unpaired) electrons. The van der Waals surface area contributed by atoms with Gasteiger partial charge in [-0.2, -0.15) is 0 Å². The van der Waals surface area contributed by atoms with E-state index in [0.717, 1.165) is 9.88 Å². The van der Waals surface area contributed by atoms with Crippen LogP contribution in [0.25, 0.3) is 9.88 Å². The van der Waals surface area contributed by atoms with Gasteiger partial charge in [-0.1, -0.05) is 19.9 Å². The van der Waals surface area contributed by atoms with Gasteiger partial charge in [-0.25, -0.2) is 9.78 Å². The lowest BCUT2D eigenvalue weighted by Gasteiger charge is -2.17. The van der Waals surface area contributed by atoms with E-state index in [9.17, 15) is 9.59 Å². The van der Waals surface area contributed by atoms with Crippen LogP contribution in [0.5, 0.6) is 0 Å². The number of amides is 1. The van der Waals surface area contributed by atoms with E-state index in [1.165, 1.54) is 11.3 Å². The van der Waals surface area contributed by atoms with E-state index in [0.29, 0.717) is 10.6 Å². The first-order chi connectivity index (χ1) is 9.90. The molecule has 0 fully saturated rings. The predicted octanol–water partition coefficient (Wildman–Crippen LogP) is 3.02. The van der Waals surface area contributed by atoms with Gasteiger partial charge in [-0.15, -0.1) is 22.7 Å². The van der Waals surface area contributed by atoms with Crippen LogP contribution in [-0.2, 0) is 4.79 Å². The molecule has 7 heteroatoms. The fraction of sp³-hybridized carbons (Fsp3) is 0.357. The fourth-order valence-corrected chi connectivity index (χ4v) is 3.60. The highest BCUT2D eigenvalue weighted by atomic mass is 32.1. The Kier molecular flexibility index (Phi) is 4.74. The second kappa shape index (κ2) is 6.36. The van der Waals surface area contributed by atoms with Gasteiger partial charge in [0.05, 0.1) is 10.6 Å². The van der Waals surface area contributed by atoms with E-state index in [1.807, 2.05) is 17.5 Å². The van der Waals surface area contributed by atoms with Crippen LogP contribution in [0.2, 0.25) is 0 Å². The maximum absolute atomic E-state index is 12.3. The molecule has 2 heterocycles. The van der Waals surface area contributed by atoms with Crippen molar-refractivity contribution in [2.45, 2.75) is 26.8 Å². The van der Waals surface area contributed by atoms with Gasteiger partial charge >= 0.3 is 5.97 Å². The van der Waals surface area contributed by atoms with Crippen LogP contribution in [0.4, 0.5) is 0 Å². The van der Waals surface area contributed by atoms with Crippen LogP contribution >= 0.6 is 22.7 Å². The smallest absolute Gasteiger partial charge is 0.326 e. The molecule has 1 atom stereocenters. The molecule has 2 rings (SSSR count). The molecule has 21 heavy (non-hydrogen) atoms. The summed E-state index contributed by atoms with van der Waals surface area (Å²) in [5, 5.41) is 14.4. The monoisotopic (exact) mass is 324 g/mol. The Morgan fingerprint density at radius 3 is 2.62 bits per heavy atom. The Bertz CT molecular complexity index is 647. The molecule has 112 valence electrons. The van der Waals surface area contributed by atoms with E-state index in [-0.39, 0.29) is 11.8 Å². The van der Waals surface area contributed by atoms with Crippen LogP contribution in [0.1, 0.15) is 29.2 Å². The Balaban J connectivity index is 2.22. The van der Waals surface area contributed by atoms with Gasteiger partial charge in [-0.05, 0) is 24.3 Å². The highest BCUT2D eigenvalue weighted by Gasteiger charge is 2.26. The largest absolute Gasteiger partial charge is 0.480 e. The van der Waals surface area contributed by atoms with Crippen LogP contribution in [0.15, 0.2) is 17.5 Å². The van der Waals surface area contributed by atoms with Gasteiger partial charge in [0.15, 0.2) is 0 Å². The number of carbonyl (C=O) groups excluding carboxylic acids is 1. The van der Waals surface area contributed by atoms with E-state index >= 15 is 0 Å². The molecule has 0 aliphatic heterocycles. The summed E-state index contributed by atoms with van der Waals surface area (Å²) in [6, 6.07) is 2.97. The number of hydrogen-bond donors (Lipinski definition) is 2. The van der Waals surface area contributed by atoms with Crippen molar-refractivity contribution in [2.24, 2.45) is 5.92 Å². The lowest BCUT2D eigenvalue weighted by Crippen LogP contribution is -2.44. The summed E-state index contributed by atoms with van der Waals surface area (Å²) in [6.45, 7) is 5.28. The zero-order valence-corrected chi connectivity index (χ0v) is 13.5. The molecular weight excluding hydrogens is 308 g/mol. The topological polar surface area (TPSA) is 79.3 Å². The van der Waals surface area contributed by atoms with Gasteiger partial charge < -0.3 is 10.4 Å². The van der Waals surface area contributed by atoms with E-state index in [4.69, 9.17) is 5.11 Å². The van der Waals surface area contributed by atoms with Gasteiger partial charge in [0.1, 0.15) is 15.9 Å². The van der Waals surface area contributed by atoms with Crippen molar-refractivity contribution in [3.05, 3.63) is 28.1 Å². The van der Waals surface area contributed by atoms with Gasteiger partial charge in [0, 0.05) is 0 Å². The SMILES string of the molecule is Cc1nc(-c2cccs2)sc1C(=O)NC(C(=O)O)C(C)C. The predicted molar refractivity (Wildman–Crippen MR) is 83.9 cm³/mol. The molecule has 1 unspecified atom stereocenters. The summed E-state index contributed by atoms with van der Waals surface area (Å²) < 4.78 is 0. The van der Waals surface area contributed by atoms with Crippen molar-refractivity contribution in [1.82, 2.24) is 10.3 Å². The van der Waals surface area contributed by atoms with E-state index in [2.05, 4.69) is 10.3 Å². The summed E-state index contributed by atoms with van der Waals surface area (Å²) >= 11 is 2.84. The highest BCUT2D eigenvalue weighted by Crippen LogP contribution is 2.31. The van der Waals surface area contributed by atoms with Crippen LogP contribution in [0.3, 0.4) is 0 Å². The molecule has 0 spiro atoms. The molecule has 0 saturated carbocycles. The van der Waals surface area contributed by atoms with Crippen molar-refractivity contribution in [3.8, 4) is 9.88 Å².